The Labute approximate surface area is 124 Å². The van der Waals surface area contributed by atoms with Crippen LogP contribution in [0.1, 0.15) is 39.2 Å². The normalized spacial score (nSPS) is 12.9. The van der Waals surface area contributed by atoms with Gasteiger partial charge >= 0.3 is 0 Å². The van der Waals surface area contributed by atoms with Crippen LogP contribution in [0.5, 0.6) is 5.75 Å². The van der Waals surface area contributed by atoms with Gasteiger partial charge in [0.2, 0.25) is 0 Å². The molecule has 0 aliphatic rings. The summed E-state index contributed by atoms with van der Waals surface area (Å²) in [6, 6.07) is 9.49. The third-order valence-electron chi connectivity index (χ3n) is 3.60. The minimum atomic E-state index is 0.545. The lowest BCUT2D eigenvalue weighted by atomic mass is 10.1. The quantitative estimate of drug-likeness (QED) is 0.750. The molecule has 1 unspecified atom stereocenters. The molecule has 1 rings (SSSR count). The molecule has 1 aromatic rings. The molecule has 20 heavy (non-hydrogen) atoms. The molecule has 1 aromatic carbocycles. The van der Waals surface area contributed by atoms with Crippen LogP contribution in [-0.2, 0) is 6.54 Å². The second-order valence-electron chi connectivity index (χ2n) is 5.77. The van der Waals surface area contributed by atoms with Crippen molar-refractivity contribution in [1.29, 1.82) is 0 Å². The third kappa shape index (κ3) is 5.93. The summed E-state index contributed by atoms with van der Waals surface area (Å²) in [5.41, 5.74) is 1.33. The number of hydrogen-bond acceptors (Lipinski definition) is 3. The first kappa shape index (κ1) is 17.0. The summed E-state index contributed by atoms with van der Waals surface area (Å²) in [5.74, 6) is 0.919. The maximum Gasteiger partial charge on any atom is 0.118 e. The van der Waals surface area contributed by atoms with Gasteiger partial charge in [0.25, 0.3) is 0 Å². The van der Waals surface area contributed by atoms with Crippen LogP contribution in [0.3, 0.4) is 0 Å². The standard InChI is InChI=1S/C17H30N2O/c1-6-7-16(12-18-14(2)3)19(4)13-15-8-10-17(20-5)11-9-15/h8-11,14,16,18H,6-7,12-13H2,1-5H3. The van der Waals surface area contributed by atoms with Crippen molar-refractivity contribution in [2.24, 2.45) is 0 Å². The SMILES string of the molecule is CCCC(CNC(C)C)N(C)Cc1ccc(OC)cc1. The highest BCUT2D eigenvalue weighted by Crippen LogP contribution is 2.14. The van der Waals surface area contributed by atoms with E-state index in [4.69, 9.17) is 4.74 Å². The zero-order valence-electron chi connectivity index (χ0n) is 13.6. The van der Waals surface area contributed by atoms with E-state index in [0.717, 1.165) is 18.8 Å². The first-order valence-electron chi connectivity index (χ1n) is 7.63. The van der Waals surface area contributed by atoms with Crippen LogP contribution < -0.4 is 10.1 Å². The van der Waals surface area contributed by atoms with E-state index in [-0.39, 0.29) is 0 Å². The maximum atomic E-state index is 5.20. The van der Waals surface area contributed by atoms with E-state index in [9.17, 15) is 0 Å². The number of rotatable bonds is 9. The molecule has 0 saturated carbocycles. The van der Waals surface area contributed by atoms with Gasteiger partial charge in [0, 0.05) is 25.2 Å². The summed E-state index contributed by atoms with van der Waals surface area (Å²) < 4.78 is 5.20. The predicted octanol–water partition coefficient (Wildman–Crippen LogP) is 3.29. The first-order valence-corrected chi connectivity index (χ1v) is 7.63. The smallest absolute Gasteiger partial charge is 0.118 e. The summed E-state index contributed by atoms with van der Waals surface area (Å²) >= 11 is 0. The number of nitrogens with zero attached hydrogens (tertiary/aromatic N) is 1. The second-order valence-corrected chi connectivity index (χ2v) is 5.77. The lowest BCUT2D eigenvalue weighted by molar-refractivity contribution is 0.211. The third-order valence-corrected chi connectivity index (χ3v) is 3.60. The molecule has 1 atom stereocenters. The van der Waals surface area contributed by atoms with E-state index in [2.05, 4.69) is 50.2 Å². The van der Waals surface area contributed by atoms with Gasteiger partial charge in [-0.3, -0.25) is 4.90 Å². The molecule has 114 valence electrons. The Balaban J connectivity index is 2.56. The van der Waals surface area contributed by atoms with Crippen molar-refractivity contribution in [3.05, 3.63) is 29.8 Å². The lowest BCUT2D eigenvalue weighted by Gasteiger charge is -2.29. The number of benzene rings is 1. The van der Waals surface area contributed by atoms with Crippen molar-refractivity contribution < 1.29 is 4.74 Å². The average molecular weight is 278 g/mol. The maximum absolute atomic E-state index is 5.20. The van der Waals surface area contributed by atoms with Crippen molar-refractivity contribution in [3.8, 4) is 5.75 Å². The van der Waals surface area contributed by atoms with E-state index in [0.29, 0.717) is 12.1 Å². The molecule has 0 spiro atoms. The van der Waals surface area contributed by atoms with Crippen LogP contribution in [0.25, 0.3) is 0 Å². The molecule has 0 aromatic heterocycles. The molecule has 0 radical (unpaired) electrons. The van der Waals surface area contributed by atoms with Crippen molar-refractivity contribution >= 4 is 0 Å². The number of nitrogens with one attached hydrogen (secondary N) is 1. The van der Waals surface area contributed by atoms with Gasteiger partial charge in [0.15, 0.2) is 0 Å². The zero-order chi connectivity index (χ0) is 15.0. The predicted molar refractivity (Wildman–Crippen MR) is 86.3 cm³/mol. The number of likely N-dealkylation sites (N-methyl/N-ethyl adjacent to an activating group) is 1. The molecule has 0 bridgehead atoms. The largest absolute Gasteiger partial charge is 0.497 e. The van der Waals surface area contributed by atoms with Gasteiger partial charge in [-0.05, 0) is 31.2 Å². The first-order chi connectivity index (χ1) is 9.56. The summed E-state index contributed by atoms with van der Waals surface area (Å²) in [4.78, 5) is 2.45. The highest BCUT2D eigenvalue weighted by molar-refractivity contribution is 5.27. The Hall–Kier alpha value is -1.06. The number of methoxy groups -OCH3 is 1. The van der Waals surface area contributed by atoms with Crippen LogP contribution in [-0.4, -0.2) is 37.7 Å². The fraction of sp³-hybridized carbons (Fsp3) is 0.647. The van der Waals surface area contributed by atoms with Gasteiger partial charge in [-0.2, -0.15) is 0 Å². The van der Waals surface area contributed by atoms with E-state index in [1.54, 1.807) is 7.11 Å². The van der Waals surface area contributed by atoms with E-state index in [1.807, 2.05) is 12.1 Å². The Kier molecular flexibility index (Phi) is 7.63. The van der Waals surface area contributed by atoms with E-state index < -0.39 is 0 Å². The highest BCUT2D eigenvalue weighted by Gasteiger charge is 2.14. The molecule has 0 saturated heterocycles. The molecule has 0 heterocycles. The van der Waals surface area contributed by atoms with E-state index >= 15 is 0 Å². The summed E-state index contributed by atoms with van der Waals surface area (Å²) in [7, 11) is 3.92. The Morgan fingerprint density at radius 2 is 1.85 bits per heavy atom. The van der Waals surface area contributed by atoms with Crippen molar-refractivity contribution in [2.45, 2.75) is 52.2 Å². The van der Waals surface area contributed by atoms with Crippen molar-refractivity contribution in [1.82, 2.24) is 10.2 Å². The van der Waals surface area contributed by atoms with Gasteiger partial charge in [-0.25, -0.2) is 0 Å². The molecule has 0 aliphatic carbocycles. The Morgan fingerprint density at radius 3 is 2.35 bits per heavy atom. The topological polar surface area (TPSA) is 24.5 Å². The van der Waals surface area contributed by atoms with Crippen molar-refractivity contribution in [2.75, 3.05) is 20.7 Å². The summed E-state index contributed by atoms with van der Waals surface area (Å²) in [6.45, 7) is 8.69. The molecule has 0 fully saturated rings. The van der Waals surface area contributed by atoms with Gasteiger partial charge in [0.1, 0.15) is 5.75 Å². The second kappa shape index (κ2) is 8.98. The molecule has 3 heteroatoms. The number of hydrogen-bond donors (Lipinski definition) is 1. The van der Waals surface area contributed by atoms with Crippen LogP contribution >= 0.6 is 0 Å². The Bertz CT molecular complexity index is 362. The molecular formula is C17H30N2O. The van der Waals surface area contributed by atoms with Crippen molar-refractivity contribution in [3.63, 3.8) is 0 Å². The summed E-state index contributed by atoms with van der Waals surface area (Å²) in [5, 5.41) is 3.55. The van der Waals surface area contributed by atoms with Crippen LogP contribution in [0.2, 0.25) is 0 Å². The zero-order valence-corrected chi connectivity index (χ0v) is 13.6. The molecule has 1 N–H and O–H groups in total. The molecule has 0 aliphatic heterocycles. The molecular weight excluding hydrogens is 248 g/mol. The van der Waals surface area contributed by atoms with Gasteiger partial charge < -0.3 is 10.1 Å². The van der Waals surface area contributed by atoms with Gasteiger partial charge in [0.05, 0.1) is 7.11 Å². The van der Waals surface area contributed by atoms with Crippen LogP contribution in [0.15, 0.2) is 24.3 Å². The fourth-order valence-corrected chi connectivity index (χ4v) is 2.33. The van der Waals surface area contributed by atoms with Crippen LogP contribution in [0, 0.1) is 0 Å². The van der Waals surface area contributed by atoms with Gasteiger partial charge in [-0.1, -0.05) is 39.3 Å². The monoisotopic (exact) mass is 278 g/mol. The Morgan fingerprint density at radius 1 is 1.20 bits per heavy atom. The van der Waals surface area contributed by atoms with Crippen LogP contribution in [0.4, 0.5) is 0 Å². The molecule has 3 nitrogen and oxygen atoms in total. The highest BCUT2D eigenvalue weighted by atomic mass is 16.5. The van der Waals surface area contributed by atoms with E-state index in [1.165, 1.54) is 18.4 Å². The number of ether oxygens (including phenoxy) is 1. The minimum Gasteiger partial charge on any atom is -0.497 e. The molecule has 0 amide bonds. The minimum absolute atomic E-state index is 0.545. The van der Waals surface area contributed by atoms with Gasteiger partial charge in [-0.15, -0.1) is 0 Å². The summed E-state index contributed by atoms with van der Waals surface area (Å²) in [6.07, 6.45) is 2.45. The average Bonchev–Trinajstić information content (AvgIpc) is 2.44. The lowest BCUT2D eigenvalue weighted by Crippen LogP contribution is -2.41. The fourth-order valence-electron chi connectivity index (χ4n) is 2.33.